The Bertz CT molecular complexity index is 621. The molecule has 0 aliphatic heterocycles. The second-order valence-corrected chi connectivity index (χ2v) is 7.91. The topological polar surface area (TPSA) is 20.2 Å². The monoisotopic (exact) mass is 590 g/mol. The predicted molar refractivity (Wildman–Crippen MR) is 96.0 cm³/mol. The average molecular weight is 590 g/mol. The van der Waals surface area contributed by atoms with E-state index in [1.54, 1.807) is 0 Å². The summed E-state index contributed by atoms with van der Waals surface area (Å²) in [6.45, 7) is -3.35. The molecule has 0 aromatic rings. The molecule has 224 valence electrons. The molecule has 0 spiro atoms. The van der Waals surface area contributed by atoms with Gasteiger partial charge in [0.1, 0.15) is 6.17 Å². The number of aliphatic hydroxyl groups is 1. The third kappa shape index (κ3) is 9.18. The van der Waals surface area contributed by atoms with E-state index in [1.165, 1.54) is 0 Å². The minimum atomic E-state index is -4.36. The van der Waals surface area contributed by atoms with Crippen LogP contribution in [0.3, 0.4) is 0 Å². The highest BCUT2D eigenvalue weighted by Gasteiger charge is 2.53. The summed E-state index contributed by atoms with van der Waals surface area (Å²) < 4.78 is 228. The Morgan fingerprint density at radius 3 is 0.703 bits per heavy atom. The number of hydrogen-bond donors (Lipinski definition) is 1. The quantitative estimate of drug-likeness (QED) is 0.202. The highest BCUT2D eigenvalue weighted by atomic mass is 19.2. The number of alkyl halides is 17. The van der Waals surface area contributed by atoms with E-state index in [1.807, 2.05) is 0 Å². The van der Waals surface area contributed by atoms with Crippen molar-refractivity contribution in [3.05, 3.63) is 0 Å². The lowest BCUT2D eigenvalue weighted by Gasteiger charge is -2.29. The Morgan fingerprint density at radius 2 is 0.514 bits per heavy atom. The van der Waals surface area contributed by atoms with Crippen LogP contribution in [0.5, 0.6) is 0 Å². The minimum Gasteiger partial charge on any atom is -0.393 e. The molecule has 16 atom stereocenters. The van der Waals surface area contributed by atoms with Crippen LogP contribution in [0.25, 0.3) is 0 Å². The van der Waals surface area contributed by atoms with Gasteiger partial charge in [-0.2, -0.15) is 0 Å². The summed E-state index contributed by atoms with van der Waals surface area (Å²) >= 11 is 0. The Labute approximate surface area is 199 Å². The van der Waals surface area contributed by atoms with E-state index >= 15 is 0 Å². The Hall–Kier alpha value is -1.23. The van der Waals surface area contributed by atoms with Crippen LogP contribution < -0.4 is 0 Å². The van der Waals surface area contributed by atoms with E-state index in [-0.39, 0.29) is 0 Å². The summed E-state index contributed by atoms with van der Waals surface area (Å²) in [7, 11) is 0. The Morgan fingerprint density at radius 1 is 0.324 bits per heavy atom. The molecule has 0 saturated heterocycles. The van der Waals surface area contributed by atoms with Crippen molar-refractivity contribution in [2.45, 2.75) is 105 Å². The van der Waals surface area contributed by atoms with Gasteiger partial charge in [0.15, 0.2) is 92.6 Å². The van der Waals surface area contributed by atoms with Crippen LogP contribution >= 0.6 is 0 Å². The van der Waals surface area contributed by atoms with Crippen LogP contribution in [-0.4, -0.2) is 117 Å². The number of hydrogen-bond acceptors (Lipinski definition) is 1. The van der Waals surface area contributed by atoms with Gasteiger partial charge in [0.2, 0.25) is 0 Å². The van der Waals surface area contributed by atoms with Gasteiger partial charge in [-0.1, -0.05) is 0 Å². The predicted octanol–water partition coefficient (Wildman–Crippen LogP) is 5.75. The molecule has 0 radical (unpaired) electrons. The lowest BCUT2D eigenvalue weighted by Crippen LogP contribution is -2.52. The molecular formula is C19H23F17O. The third-order valence-corrected chi connectivity index (χ3v) is 5.21. The molecule has 0 rings (SSSR count). The zero-order valence-corrected chi connectivity index (χ0v) is 18.2. The SMILES string of the molecule is OCC(F)C(F)C(F)C(F)C(F)C(F)C(F)C(F)C(F)C(F)C(F)C(F)C(F)C(F)C(F)C(F)CCF. The second-order valence-electron chi connectivity index (χ2n) is 7.91. The summed E-state index contributed by atoms with van der Waals surface area (Å²) in [5, 5.41) is 8.27. The molecule has 0 saturated carbocycles. The maximum absolute atomic E-state index is 13.8. The van der Waals surface area contributed by atoms with Crippen molar-refractivity contribution >= 4 is 0 Å². The summed E-state index contributed by atoms with van der Waals surface area (Å²) in [6.07, 6.45) is -65.3. The Balaban J connectivity index is 5.31. The number of rotatable bonds is 18. The normalized spacial score (nSPS) is 25.8. The molecule has 0 aromatic carbocycles. The first-order valence-electron chi connectivity index (χ1n) is 10.4. The van der Waals surface area contributed by atoms with E-state index < -0.39 is 118 Å². The van der Waals surface area contributed by atoms with E-state index in [0.29, 0.717) is 0 Å². The van der Waals surface area contributed by atoms with Crippen molar-refractivity contribution in [3.63, 3.8) is 0 Å². The average Bonchev–Trinajstić information content (AvgIpc) is 2.90. The van der Waals surface area contributed by atoms with Gasteiger partial charge < -0.3 is 5.11 Å². The van der Waals surface area contributed by atoms with E-state index in [0.717, 1.165) is 0 Å². The lowest BCUT2D eigenvalue weighted by molar-refractivity contribution is -0.0812. The van der Waals surface area contributed by atoms with Gasteiger partial charge in [-0.05, 0) is 0 Å². The van der Waals surface area contributed by atoms with Gasteiger partial charge in [-0.3, -0.25) is 4.39 Å². The fourth-order valence-corrected chi connectivity index (χ4v) is 2.87. The molecule has 0 aliphatic rings. The van der Waals surface area contributed by atoms with Gasteiger partial charge in [0, 0.05) is 6.42 Å². The van der Waals surface area contributed by atoms with Gasteiger partial charge in [-0.15, -0.1) is 0 Å². The maximum Gasteiger partial charge on any atom is 0.168 e. The largest absolute Gasteiger partial charge is 0.393 e. The van der Waals surface area contributed by atoms with Crippen molar-refractivity contribution in [1.82, 2.24) is 0 Å². The molecule has 37 heavy (non-hydrogen) atoms. The van der Waals surface area contributed by atoms with E-state index in [2.05, 4.69) is 0 Å². The fraction of sp³-hybridized carbons (Fsp3) is 1.00. The molecule has 0 bridgehead atoms. The summed E-state index contributed by atoms with van der Waals surface area (Å²) in [6, 6.07) is 0. The van der Waals surface area contributed by atoms with Crippen molar-refractivity contribution in [3.8, 4) is 0 Å². The van der Waals surface area contributed by atoms with E-state index in [4.69, 9.17) is 5.11 Å². The first kappa shape index (κ1) is 35.8. The Kier molecular flexibility index (Phi) is 15.5. The molecule has 16 unspecified atom stereocenters. The molecule has 0 fully saturated rings. The highest BCUT2D eigenvalue weighted by Crippen LogP contribution is 2.33. The van der Waals surface area contributed by atoms with Crippen molar-refractivity contribution in [1.29, 1.82) is 0 Å². The van der Waals surface area contributed by atoms with Crippen LogP contribution in [-0.2, 0) is 0 Å². The van der Waals surface area contributed by atoms with Gasteiger partial charge in [0.25, 0.3) is 0 Å². The molecular weight excluding hydrogens is 567 g/mol. The molecule has 0 aliphatic carbocycles. The molecule has 0 aromatic heterocycles. The van der Waals surface area contributed by atoms with Crippen molar-refractivity contribution in [2.75, 3.05) is 13.3 Å². The molecule has 1 nitrogen and oxygen atoms in total. The second kappa shape index (κ2) is 16.0. The van der Waals surface area contributed by atoms with Gasteiger partial charge in [0.05, 0.1) is 13.3 Å². The van der Waals surface area contributed by atoms with Crippen LogP contribution in [0.15, 0.2) is 0 Å². The zero-order valence-electron chi connectivity index (χ0n) is 18.2. The summed E-state index contributed by atoms with van der Waals surface area (Å²) in [4.78, 5) is 0. The van der Waals surface area contributed by atoms with Crippen LogP contribution in [0.4, 0.5) is 74.6 Å². The first-order valence-corrected chi connectivity index (χ1v) is 10.4. The van der Waals surface area contributed by atoms with Crippen LogP contribution in [0.1, 0.15) is 6.42 Å². The molecule has 0 amide bonds. The maximum atomic E-state index is 13.8. The minimum absolute atomic E-state index is 1.35. The zero-order chi connectivity index (χ0) is 29.4. The van der Waals surface area contributed by atoms with Crippen molar-refractivity contribution < 1.29 is 79.7 Å². The molecule has 0 heterocycles. The molecule has 18 heteroatoms. The third-order valence-electron chi connectivity index (χ3n) is 5.21. The van der Waals surface area contributed by atoms with Gasteiger partial charge >= 0.3 is 0 Å². The summed E-state index contributed by atoms with van der Waals surface area (Å²) in [5.74, 6) is 0. The number of aliphatic hydroxyl groups excluding tert-OH is 1. The van der Waals surface area contributed by atoms with Gasteiger partial charge in [-0.25, -0.2) is 70.2 Å². The standard InChI is InChI=1S/C19H23F17O/c20-2-1-4(21)6(23)8(25)10(27)12(29)14(31)16(33)18(35)19(36)17(34)15(32)13(30)11(28)9(26)7(24)5(22)3-37/h4-19,37H,1-3H2. The molecule has 1 N–H and O–H groups in total. The lowest BCUT2D eigenvalue weighted by atomic mass is 9.93. The van der Waals surface area contributed by atoms with Crippen molar-refractivity contribution in [2.24, 2.45) is 0 Å². The number of halogens is 17. The fourth-order valence-electron chi connectivity index (χ4n) is 2.87. The van der Waals surface area contributed by atoms with Crippen LogP contribution in [0.2, 0.25) is 0 Å². The smallest absolute Gasteiger partial charge is 0.168 e. The first-order chi connectivity index (χ1) is 17.0. The highest BCUT2D eigenvalue weighted by molar-refractivity contribution is 4.98. The van der Waals surface area contributed by atoms with E-state index in [9.17, 15) is 74.6 Å². The van der Waals surface area contributed by atoms with Crippen LogP contribution in [0, 0.1) is 0 Å². The summed E-state index contributed by atoms with van der Waals surface area (Å²) in [5.41, 5.74) is 0.